The van der Waals surface area contributed by atoms with Crippen LogP contribution in [0.2, 0.25) is 0 Å². The number of ketones is 2. The van der Waals surface area contributed by atoms with E-state index in [0.717, 1.165) is 35.9 Å². The van der Waals surface area contributed by atoms with Gasteiger partial charge >= 0.3 is 17.8 Å². The van der Waals surface area contributed by atoms with Gasteiger partial charge in [0.1, 0.15) is 29.2 Å². The van der Waals surface area contributed by atoms with Gasteiger partial charge < -0.3 is 46.8 Å². The summed E-state index contributed by atoms with van der Waals surface area (Å²) in [7, 11) is 0. The second kappa shape index (κ2) is 24.2. The molecule has 22 nitrogen and oxygen atoms in total. The monoisotopic (exact) mass is 953 g/mol. The number of benzene rings is 2. The molecule has 22 heteroatoms. The van der Waals surface area contributed by atoms with Crippen LogP contribution in [0.5, 0.6) is 0 Å². The number of nitrogens with two attached hydrogens (primary N) is 2. The lowest BCUT2D eigenvalue weighted by molar-refractivity contribution is -0.133. The van der Waals surface area contributed by atoms with Gasteiger partial charge in [-0.2, -0.15) is 0 Å². The molecular formula is C47H63N13O9. The van der Waals surface area contributed by atoms with Crippen LogP contribution in [0, 0.1) is 18.8 Å². The summed E-state index contributed by atoms with van der Waals surface area (Å²) in [6.07, 6.45) is 2.95. The number of aromatic amines is 1. The number of rotatable bonds is 26. The molecule has 5 amide bonds. The smallest absolute Gasteiger partial charge is 0.410 e. The number of hydrogen-bond acceptors (Lipinski definition) is 14. The number of anilines is 1. The standard InChI is InChI=1S/C47H63N13O9/c1-28(2)36(25-35(62)16-21-68-22-18-50-30(4)61)44(64)54-37(9-6-17-51-45(49)65)40(63)24-31-10-12-32(13-11-31)27-69-47(67)58(34-7-5-8-34)19-20-60-39-15-14-33(23-38(39)56-57-60)26-59-43-41(55-46(59)66)42(48)52-29(3)53-43/h10-15,23,28,34,36-37H,5-9,16-22,24-27H2,1-4H3,(H,50,61)(H,54,64)(H,55,66)(H2,48,52,53)(H3,49,51,65)/t36-,37-/m0/s1. The zero-order chi connectivity index (χ0) is 49.6. The van der Waals surface area contributed by atoms with E-state index in [1.165, 1.54) is 11.5 Å². The molecule has 5 aromatic rings. The van der Waals surface area contributed by atoms with E-state index in [1.807, 2.05) is 32.0 Å². The SMILES string of the molecule is CC(=O)NCCOCCC(=O)C[C@H](C(=O)N[C@@H](CCCNC(N)=O)C(=O)Cc1ccc(COC(=O)N(CCn2nnc3cc(Cn4c(=O)[nH]c5c(N)nc(C)nc54)ccc32)C2CCC2)cc1)C(C)C. The molecule has 0 radical (unpaired) electrons. The molecule has 6 rings (SSSR count). The number of nitrogens with one attached hydrogen (secondary N) is 4. The highest BCUT2D eigenvalue weighted by Gasteiger charge is 2.31. The van der Waals surface area contributed by atoms with Crippen molar-refractivity contribution in [2.24, 2.45) is 17.6 Å². The second-order valence-corrected chi connectivity index (χ2v) is 17.7. The number of hydrogen-bond donors (Lipinski definition) is 6. The van der Waals surface area contributed by atoms with Crippen molar-refractivity contribution in [2.45, 2.75) is 111 Å². The van der Waals surface area contributed by atoms with E-state index in [1.54, 1.807) is 40.8 Å². The Morgan fingerprint density at radius 1 is 0.971 bits per heavy atom. The van der Waals surface area contributed by atoms with Crippen LogP contribution in [0.15, 0.2) is 47.3 Å². The van der Waals surface area contributed by atoms with Crippen molar-refractivity contribution in [1.82, 2.24) is 55.4 Å². The average Bonchev–Trinajstić information content (AvgIpc) is 3.83. The number of amides is 5. The van der Waals surface area contributed by atoms with Crippen molar-refractivity contribution in [1.29, 1.82) is 0 Å². The number of imidazole rings is 1. The highest BCUT2D eigenvalue weighted by molar-refractivity contribution is 5.93. The largest absolute Gasteiger partial charge is 0.445 e. The van der Waals surface area contributed by atoms with Gasteiger partial charge in [0, 0.05) is 57.8 Å². The fourth-order valence-corrected chi connectivity index (χ4v) is 8.08. The first-order valence-corrected chi connectivity index (χ1v) is 23.3. The minimum Gasteiger partial charge on any atom is -0.445 e. The molecule has 69 heavy (non-hydrogen) atoms. The van der Waals surface area contributed by atoms with E-state index in [4.69, 9.17) is 20.9 Å². The summed E-state index contributed by atoms with van der Waals surface area (Å²) in [6, 6.07) is 11.2. The minimum atomic E-state index is -0.893. The predicted octanol–water partition coefficient (Wildman–Crippen LogP) is 2.81. The van der Waals surface area contributed by atoms with Crippen LogP contribution in [0.3, 0.4) is 0 Å². The highest BCUT2D eigenvalue weighted by Crippen LogP contribution is 2.26. The summed E-state index contributed by atoms with van der Waals surface area (Å²) in [5.41, 5.74) is 15.3. The summed E-state index contributed by atoms with van der Waals surface area (Å²) in [5, 5.41) is 16.7. The Labute approximate surface area is 398 Å². The molecule has 0 aliphatic heterocycles. The lowest BCUT2D eigenvalue weighted by Gasteiger charge is -2.36. The van der Waals surface area contributed by atoms with Crippen molar-refractivity contribution >= 4 is 63.5 Å². The number of carbonyl (C=O) groups excluding carboxylic acids is 6. The fourth-order valence-electron chi connectivity index (χ4n) is 8.08. The van der Waals surface area contributed by atoms with Crippen LogP contribution in [0.1, 0.15) is 88.2 Å². The molecule has 1 aliphatic carbocycles. The fraction of sp³-hybridized carbons (Fsp3) is 0.511. The normalized spacial score (nSPS) is 13.5. The van der Waals surface area contributed by atoms with E-state index in [9.17, 15) is 33.6 Å². The lowest BCUT2D eigenvalue weighted by Crippen LogP contribution is -2.46. The van der Waals surface area contributed by atoms with Crippen molar-refractivity contribution in [2.75, 3.05) is 38.6 Å². The van der Waals surface area contributed by atoms with Crippen LogP contribution in [0.25, 0.3) is 22.2 Å². The molecular weight excluding hydrogens is 891 g/mol. The van der Waals surface area contributed by atoms with Crippen molar-refractivity contribution in [3.8, 4) is 0 Å². The second-order valence-electron chi connectivity index (χ2n) is 17.7. The molecule has 1 saturated carbocycles. The number of H-pyrrole nitrogens is 1. The minimum absolute atomic E-state index is 0.00208. The molecule has 2 aromatic carbocycles. The molecule has 0 unspecified atom stereocenters. The first-order valence-electron chi connectivity index (χ1n) is 23.3. The maximum Gasteiger partial charge on any atom is 0.410 e. The third kappa shape index (κ3) is 14.4. The number of carbonyl (C=O) groups is 6. The predicted molar refractivity (Wildman–Crippen MR) is 254 cm³/mol. The molecule has 0 saturated heterocycles. The number of primary amides is 1. The van der Waals surface area contributed by atoms with Gasteiger partial charge in [0.05, 0.1) is 37.9 Å². The number of nitrogens with zero attached hydrogens (tertiary/aromatic N) is 7. The number of fused-ring (bicyclic) bond motifs is 2. The lowest BCUT2D eigenvalue weighted by atomic mass is 9.88. The topological polar surface area (TPSA) is 307 Å². The molecule has 1 fully saturated rings. The van der Waals surface area contributed by atoms with Crippen LogP contribution in [-0.2, 0) is 54.8 Å². The molecule has 3 heterocycles. The van der Waals surface area contributed by atoms with Gasteiger partial charge in [0.2, 0.25) is 11.8 Å². The van der Waals surface area contributed by atoms with E-state index >= 15 is 0 Å². The molecule has 8 N–H and O–H groups in total. The summed E-state index contributed by atoms with van der Waals surface area (Å²) >= 11 is 0. The van der Waals surface area contributed by atoms with E-state index < -0.39 is 30.0 Å². The molecule has 1 aliphatic rings. The van der Waals surface area contributed by atoms with Gasteiger partial charge in [-0.05, 0) is 73.8 Å². The Hall–Kier alpha value is -7.23. The molecule has 370 valence electrons. The van der Waals surface area contributed by atoms with Gasteiger partial charge in [0.25, 0.3) is 0 Å². The summed E-state index contributed by atoms with van der Waals surface area (Å²) in [5.74, 6) is -1.23. The Balaban J connectivity index is 1.01. The first kappa shape index (κ1) is 51.2. The third-order valence-electron chi connectivity index (χ3n) is 12.2. The number of Topliss-reactive ketones (excluding diaryl/α,β-unsaturated/α-hetero) is 2. The maximum absolute atomic E-state index is 13.8. The Bertz CT molecular complexity index is 2670. The molecule has 2 atom stereocenters. The summed E-state index contributed by atoms with van der Waals surface area (Å²) in [4.78, 5) is 102. The Morgan fingerprint density at radius 2 is 1.71 bits per heavy atom. The first-order chi connectivity index (χ1) is 33.1. The zero-order valence-electron chi connectivity index (χ0n) is 39.6. The average molecular weight is 954 g/mol. The summed E-state index contributed by atoms with van der Waals surface area (Å²) < 4.78 is 14.5. The molecule has 3 aromatic heterocycles. The zero-order valence-corrected chi connectivity index (χ0v) is 39.6. The van der Waals surface area contributed by atoms with Crippen LogP contribution >= 0.6 is 0 Å². The van der Waals surface area contributed by atoms with Gasteiger partial charge in [-0.25, -0.2) is 29.0 Å². The third-order valence-corrected chi connectivity index (χ3v) is 12.2. The van der Waals surface area contributed by atoms with Gasteiger partial charge in [-0.3, -0.25) is 23.7 Å². The maximum atomic E-state index is 13.8. The van der Waals surface area contributed by atoms with Crippen molar-refractivity contribution in [3.63, 3.8) is 0 Å². The van der Waals surface area contributed by atoms with Crippen LogP contribution < -0.4 is 33.1 Å². The Morgan fingerprint density at radius 3 is 2.41 bits per heavy atom. The van der Waals surface area contributed by atoms with Crippen molar-refractivity contribution in [3.05, 3.63) is 75.5 Å². The van der Waals surface area contributed by atoms with Gasteiger partial charge in [-0.1, -0.05) is 49.4 Å². The molecule has 0 bridgehead atoms. The quantitative estimate of drug-likeness (QED) is 0.0435. The number of nitrogen functional groups attached to an aromatic ring is 1. The van der Waals surface area contributed by atoms with Gasteiger partial charge in [0.15, 0.2) is 17.2 Å². The van der Waals surface area contributed by atoms with E-state index in [0.29, 0.717) is 54.1 Å². The Kier molecular flexibility index (Phi) is 17.9. The highest BCUT2D eigenvalue weighted by atomic mass is 16.6. The van der Waals surface area contributed by atoms with Gasteiger partial charge in [-0.15, -0.1) is 5.10 Å². The number of aromatic nitrogens is 7. The number of aryl methyl sites for hydroxylation is 1. The summed E-state index contributed by atoms with van der Waals surface area (Å²) in [6.45, 7) is 8.69. The van der Waals surface area contributed by atoms with Crippen molar-refractivity contribution < 1.29 is 38.2 Å². The van der Waals surface area contributed by atoms with E-state index in [-0.39, 0.29) is 99.5 Å². The van der Waals surface area contributed by atoms with Crippen LogP contribution in [-0.4, -0.2) is 120 Å². The van der Waals surface area contributed by atoms with E-state index in [2.05, 4.69) is 41.2 Å². The van der Waals surface area contributed by atoms with Crippen LogP contribution in [0.4, 0.5) is 15.4 Å². The molecule has 0 spiro atoms. The number of urea groups is 1. The number of ether oxygens (including phenoxy) is 2.